The molecule has 0 aliphatic rings. The summed E-state index contributed by atoms with van der Waals surface area (Å²) in [5.41, 5.74) is 5.27. The third kappa shape index (κ3) is 2.44. The third-order valence-corrected chi connectivity index (χ3v) is 1.00. The molecule has 1 aromatic rings. The minimum atomic E-state index is -1.82. The maximum atomic E-state index is 8.35. The Balaban J connectivity index is 2.66. The van der Waals surface area contributed by atoms with E-state index in [4.69, 9.17) is 15.8 Å². The molecule has 0 saturated carbocycles. The second-order valence-electron chi connectivity index (χ2n) is 1.86. The topological polar surface area (TPSA) is 88.6 Å². The van der Waals surface area contributed by atoms with Gasteiger partial charge in [0.1, 0.15) is 11.6 Å². The van der Waals surface area contributed by atoms with Gasteiger partial charge in [0, 0.05) is 0 Å². The zero-order valence-electron chi connectivity index (χ0n) is 5.64. The monoisotopic (exact) mass is 154 g/mol. The standard InChI is InChI=1S/C5H7BN2O3/c7-5-2-1-4(3-8-5)11-6(9)10/h1-3,9-10H,(H2,7,8). The summed E-state index contributed by atoms with van der Waals surface area (Å²) in [4.78, 5) is 3.66. The molecule has 0 saturated heterocycles. The van der Waals surface area contributed by atoms with E-state index in [0.29, 0.717) is 5.82 Å². The number of hydrogen-bond acceptors (Lipinski definition) is 5. The molecule has 6 heteroatoms. The molecular formula is C5H7BN2O3. The van der Waals surface area contributed by atoms with Gasteiger partial charge in [-0.1, -0.05) is 0 Å². The summed E-state index contributed by atoms with van der Waals surface area (Å²) < 4.78 is 4.46. The Hall–Kier alpha value is -1.27. The van der Waals surface area contributed by atoms with E-state index in [2.05, 4.69) is 9.64 Å². The van der Waals surface area contributed by atoms with Crippen LogP contribution >= 0.6 is 0 Å². The maximum Gasteiger partial charge on any atom is 0.707 e. The number of rotatable bonds is 2. The van der Waals surface area contributed by atoms with Crippen molar-refractivity contribution in [3.8, 4) is 5.75 Å². The van der Waals surface area contributed by atoms with Gasteiger partial charge in [-0.15, -0.1) is 0 Å². The van der Waals surface area contributed by atoms with Gasteiger partial charge >= 0.3 is 7.32 Å². The summed E-state index contributed by atoms with van der Waals surface area (Å²) in [7, 11) is -1.82. The molecule has 1 aromatic heterocycles. The van der Waals surface area contributed by atoms with Crippen LogP contribution in [-0.2, 0) is 0 Å². The maximum absolute atomic E-state index is 8.35. The number of anilines is 1. The number of nitrogens with zero attached hydrogens (tertiary/aromatic N) is 1. The smallest absolute Gasteiger partial charge is 0.511 e. The van der Waals surface area contributed by atoms with Crippen LogP contribution in [0.1, 0.15) is 0 Å². The highest BCUT2D eigenvalue weighted by Gasteiger charge is 2.10. The summed E-state index contributed by atoms with van der Waals surface area (Å²) >= 11 is 0. The summed E-state index contributed by atoms with van der Waals surface area (Å²) in [6.45, 7) is 0. The molecule has 0 aliphatic carbocycles. The highest BCUT2D eigenvalue weighted by atomic mass is 16.6. The molecule has 0 unspecified atom stereocenters. The molecule has 11 heavy (non-hydrogen) atoms. The fraction of sp³-hybridized carbons (Fsp3) is 0. The average Bonchev–Trinajstić information content (AvgIpc) is 1.93. The van der Waals surface area contributed by atoms with Crippen molar-refractivity contribution >= 4 is 13.1 Å². The Morgan fingerprint density at radius 2 is 2.18 bits per heavy atom. The second kappa shape index (κ2) is 3.22. The Labute approximate surface area is 63.6 Å². The summed E-state index contributed by atoms with van der Waals surface area (Å²) in [5, 5.41) is 16.7. The van der Waals surface area contributed by atoms with Gasteiger partial charge in [-0.3, -0.25) is 0 Å². The van der Waals surface area contributed by atoms with E-state index < -0.39 is 7.32 Å². The molecule has 0 aromatic carbocycles. The van der Waals surface area contributed by atoms with Crippen LogP contribution in [-0.4, -0.2) is 22.4 Å². The van der Waals surface area contributed by atoms with Crippen LogP contribution in [0.2, 0.25) is 0 Å². The molecule has 0 aliphatic heterocycles. The fourth-order valence-electron chi connectivity index (χ4n) is 0.583. The zero-order valence-corrected chi connectivity index (χ0v) is 5.64. The van der Waals surface area contributed by atoms with Crippen LogP contribution in [0.15, 0.2) is 18.3 Å². The van der Waals surface area contributed by atoms with E-state index in [1.807, 2.05) is 0 Å². The molecule has 5 nitrogen and oxygen atoms in total. The van der Waals surface area contributed by atoms with Crippen LogP contribution in [0.25, 0.3) is 0 Å². The second-order valence-corrected chi connectivity index (χ2v) is 1.86. The number of nitrogens with two attached hydrogens (primary N) is 1. The number of aromatic nitrogens is 1. The van der Waals surface area contributed by atoms with E-state index in [1.165, 1.54) is 18.3 Å². The van der Waals surface area contributed by atoms with Crippen LogP contribution in [0.5, 0.6) is 5.75 Å². The predicted molar refractivity (Wildman–Crippen MR) is 39.5 cm³/mol. The Kier molecular flexibility index (Phi) is 2.30. The lowest BCUT2D eigenvalue weighted by Gasteiger charge is -2.02. The van der Waals surface area contributed by atoms with Gasteiger partial charge in [-0.05, 0) is 12.1 Å². The predicted octanol–water partition coefficient (Wildman–Crippen LogP) is -0.988. The van der Waals surface area contributed by atoms with Crippen molar-refractivity contribution in [1.82, 2.24) is 4.98 Å². The minimum absolute atomic E-state index is 0.259. The normalized spacial score (nSPS) is 9.27. The lowest BCUT2D eigenvalue weighted by atomic mass is 10.2. The third-order valence-electron chi connectivity index (χ3n) is 1.00. The molecule has 0 radical (unpaired) electrons. The molecular weight excluding hydrogens is 147 g/mol. The van der Waals surface area contributed by atoms with Gasteiger partial charge < -0.3 is 20.4 Å². The van der Waals surface area contributed by atoms with Crippen LogP contribution in [0, 0.1) is 0 Å². The lowest BCUT2D eigenvalue weighted by Crippen LogP contribution is -2.20. The Morgan fingerprint density at radius 3 is 2.64 bits per heavy atom. The van der Waals surface area contributed by atoms with E-state index in [9.17, 15) is 0 Å². The SMILES string of the molecule is Nc1ccc(OB(O)O)cn1. The summed E-state index contributed by atoms with van der Waals surface area (Å²) in [6, 6.07) is 2.99. The number of pyridine rings is 1. The first-order valence-corrected chi connectivity index (χ1v) is 2.93. The van der Waals surface area contributed by atoms with E-state index in [0.717, 1.165) is 0 Å². The van der Waals surface area contributed by atoms with Crippen molar-refractivity contribution in [2.75, 3.05) is 5.73 Å². The zero-order chi connectivity index (χ0) is 8.27. The van der Waals surface area contributed by atoms with Gasteiger partial charge in [0.15, 0.2) is 0 Å². The lowest BCUT2D eigenvalue weighted by molar-refractivity contribution is 0.287. The van der Waals surface area contributed by atoms with E-state index in [1.54, 1.807) is 0 Å². The number of hydrogen-bond donors (Lipinski definition) is 3. The van der Waals surface area contributed by atoms with Crippen molar-refractivity contribution in [2.24, 2.45) is 0 Å². The van der Waals surface area contributed by atoms with Gasteiger partial charge in [-0.25, -0.2) is 4.98 Å². The van der Waals surface area contributed by atoms with Crippen molar-refractivity contribution in [1.29, 1.82) is 0 Å². The molecule has 0 spiro atoms. The van der Waals surface area contributed by atoms with Crippen LogP contribution < -0.4 is 10.4 Å². The molecule has 1 heterocycles. The molecule has 4 N–H and O–H groups in total. The van der Waals surface area contributed by atoms with Gasteiger partial charge in [0.25, 0.3) is 0 Å². The Bertz CT molecular complexity index is 226. The van der Waals surface area contributed by atoms with Crippen molar-refractivity contribution in [3.05, 3.63) is 18.3 Å². The molecule has 0 fully saturated rings. The molecule has 0 atom stereocenters. The highest BCUT2D eigenvalue weighted by Crippen LogP contribution is 2.09. The first-order chi connectivity index (χ1) is 5.18. The molecule has 0 amide bonds. The van der Waals surface area contributed by atoms with E-state index >= 15 is 0 Å². The van der Waals surface area contributed by atoms with Crippen molar-refractivity contribution in [2.45, 2.75) is 0 Å². The van der Waals surface area contributed by atoms with Crippen LogP contribution in [0.3, 0.4) is 0 Å². The van der Waals surface area contributed by atoms with E-state index in [-0.39, 0.29) is 5.75 Å². The first-order valence-electron chi connectivity index (χ1n) is 2.93. The van der Waals surface area contributed by atoms with Gasteiger partial charge in [0.2, 0.25) is 0 Å². The summed E-state index contributed by atoms with van der Waals surface area (Å²) in [6.07, 6.45) is 1.30. The number of nitrogen functional groups attached to an aromatic ring is 1. The van der Waals surface area contributed by atoms with Crippen molar-refractivity contribution in [3.63, 3.8) is 0 Å². The molecule has 1 rings (SSSR count). The van der Waals surface area contributed by atoms with Crippen LogP contribution in [0.4, 0.5) is 5.82 Å². The summed E-state index contributed by atoms with van der Waals surface area (Å²) in [5.74, 6) is 0.610. The first kappa shape index (κ1) is 7.84. The minimum Gasteiger partial charge on any atom is -0.511 e. The van der Waals surface area contributed by atoms with Crippen molar-refractivity contribution < 1.29 is 14.7 Å². The van der Waals surface area contributed by atoms with Gasteiger partial charge in [0.05, 0.1) is 6.20 Å². The largest absolute Gasteiger partial charge is 0.707 e. The fourth-order valence-corrected chi connectivity index (χ4v) is 0.583. The van der Waals surface area contributed by atoms with Gasteiger partial charge in [-0.2, -0.15) is 0 Å². The average molecular weight is 154 g/mol. The quantitative estimate of drug-likeness (QED) is 0.476. The molecule has 58 valence electrons. The highest BCUT2D eigenvalue weighted by molar-refractivity contribution is 6.33. The Morgan fingerprint density at radius 1 is 1.45 bits per heavy atom. The molecule has 0 bridgehead atoms.